The second kappa shape index (κ2) is 6.95. The molecule has 0 fully saturated rings. The molecule has 0 saturated heterocycles. The van der Waals surface area contributed by atoms with Gasteiger partial charge in [-0.15, -0.1) is 0 Å². The van der Waals surface area contributed by atoms with Crippen LogP contribution in [0.5, 0.6) is 0 Å². The molecule has 29 heavy (non-hydrogen) atoms. The second-order valence-corrected chi connectivity index (χ2v) is 6.99. The van der Waals surface area contributed by atoms with Crippen molar-refractivity contribution in [3.05, 3.63) is 103 Å². The Hall–Kier alpha value is -3.85. The van der Waals surface area contributed by atoms with Crippen molar-refractivity contribution in [3.8, 4) is 16.8 Å². The summed E-state index contributed by atoms with van der Waals surface area (Å²) in [6.07, 6.45) is 0. The van der Waals surface area contributed by atoms with Gasteiger partial charge >= 0.3 is 5.97 Å². The average Bonchev–Trinajstić information content (AvgIpc) is 3.13. The Bertz CT molecular complexity index is 1350. The molecule has 0 aliphatic rings. The summed E-state index contributed by atoms with van der Waals surface area (Å²) in [5.74, 6) is -0.325. The van der Waals surface area contributed by atoms with Gasteiger partial charge in [-0.3, -0.25) is 0 Å². The molecule has 1 heterocycles. The number of rotatable bonds is 3. The zero-order chi connectivity index (χ0) is 19.8. The van der Waals surface area contributed by atoms with Gasteiger partial charge in [0.25, 0.3) is 0 Å². The Kier molecular flexibility index (Phi) is 4.14. The first-order valence-electron chi connectivity index (χ1n) is 9.53. The van der Waals surface area contributed by atoms with E-state index in [4.69, 9.17) is 4.74 Å². The smallest absolute Gasteiger partial charge is 0.337 e. The first-order chi connectivity index (χ1) is 14.3. The molecular formula is C26H19NO2. The molecule has 5 aromatic rings. The number of hydrogen-bond donors (Lipinski definition) is 0. The van der Waals surface area contributed by atoms with Crippen LogP contribution in [0.3, 0.4) is 0 Å². The highest BCUT2D eigenvalue weighted by atomic mass is 16.5. The molecule has 140 valence electrons. The van der Waals surface area contributed by atoms with Crippen LogP contribution in [0.15, 0.2) is 97.1 Å². The van der Waals surface area contributed by atoms with Crippen LogP contribution >= 0.6 is 0 Å². The van der Waals surface area contributed by atoms with E-state index in [1.807, 2.05) is 24.3 Å². The topological polar surface area (TPSA) is 31.2 Å². The second-order valence-electron chi connectivity index (χ2n) is 6.99. The Morgan fingerprint density at radius 3 is 2.24 bits per heavy atom. The molecule has 3 nitrogen and oxygen atoms in total. The van der Waals surface area contributed by atoms with Crippen LogP contribution < -0.4 is 0 Å². The van der Waals surface area contributed by atoms with Crippen molar-refractivity contribution in [2.75, 3.05) is 7.11 Å². The molecule has 0 N–H and O–H groups in total. The van der Waals surface area contributed by atoms with Gasteiger partial charge in [0.2, 0.25) is 0 Å². The summed E-state index contributed by atoms with van der Waals surface area (Å²) in [5, 5.41) is 2.39. The van der Waals surface area contributed by atoms with Crippen molar-refractivity contribution in [2.24, 2.45) is 0 Å². The van der Waals surface area contributed by atoms with Gasteiger partial charge in [-0.1, -0.05) is 54.6 Å². The summed E-state index contributed by atoms with van der Waals surface area (Å²) in [6, 6.07) is 32.9. The first-order valence-corrected chi connectivity index (χ1v) is 9.53. The maximum absolute atomic E-state index is 11.9. The van der Waals surface area contributed by atoms with E-state index in [2.05, 4.69) is 71.3 Å². The quantitative estimate of drug-likeness (QED) is 0.349. The van der Waals surface area contributed by atoms with Gasteiger partial charge in [0.05, 0.1) is 23.7 Å². The molecular weight excluding hydrogens is 358 g/mol. The summed E-state index contributed by atoms with van der Waals surface area (Å²) >= 11 is 0. The lowest BCUT2D eigenvalue weighted by Gasteiger charge is -2.08. The number of hydrogen-bond acceptors (Lipinski definition) is 2. The maximum atomic E-state index is 11.9. The molecule has 0 atom stereocenters. The van der Waals surface area contributed by atoms with Gasteiger partial charge < -0.3 is 9.30 Å². The van der Waals surface area contributed by atoms with Crippen molar-refractivity contribution < 1.29 is 9.53 Å². The lowest BCUT2D eigenvalue weighted by Crippen LogP contribution is -2.00. The molecule has 5 rings (SSSR count). The fourth-order valence-electron chi connectivity index (χ4n) is 3.95. The molecule has 0 aliphatic carbocycles. The van der Waals surface area contributed by atoms with E-state index in [1.165, 1.54) is 23.4 Å². The predicted octanol–water partition coefficient (Wildman–Crippen LogP) is 6.24. The van der Waals surface area contributed by atoms with E-state index in [9.17, 15) is 4.79 Å². The van der Waals surface area contributed by atoms with E-state index in [0.29, 0.717) is 5.56 Å². The Labute approximate surface area is 168 Å². The molecule has 0 spiro atoms. The average molecular weight is 377 g/mol. The fraction of sp³-hybridized carbons (Fsp3) is 0.0385. The van der Waals surface area contributed by atoms with Crippen LogP contribution in [0.4, 0.5) is 0 Å². The van der Waals surface area contributed by atoms with Crippen LogP contribution in [-0.2, 0) is 4.74 Å². The van der Waals surface area contributed by atoms with Gasteiger partial charge in [0.15, 0.2) is 0 Å². The highest BCUT2D eigenvalue weighted by Gasteiger charge is 2.13. The van der Waals surface area contributed by atoms with Crippen LogP contribution in [0.25, 0.3) is 38.6 Å². The van der Waals surface area contributed by atoms with Crippen LogP contribution in [-0.4, -0.2) is 17.6 Å². The molecule has 0 saturated carbocycles. The van der Waals surface area contributed by atoms with Crippen molar-refractivity contribution >= 4 is 27.8 Å². The number of esters is 1. The lowest BCUT2D eigenvalue weighted by molar-refractivity contribution is 0.0601. The molecule has 0 bridgehead atoms. The number of aromatic nitrogens is 1. The van der Waals surface area contributed by atoms with Crippen LogP contribution in [0.1, 0.15) is 10.4 Å². The third-order valence-corrected chi connectivity index (χ3v) is 5.30. The summed E-state index contributed by atoms with van der Waals surface area (Å²) in [7, 11) is 1.40. The fourth-order valence-corrected chi connectivity index (χ4v) is 3.95. The van der Waals surface area contributed by atoms with Crippen molar-refractivity contribution in [2.45, 2.75) is 0 Å². The molecule has 0 radical (unpaired) electrons. The third kappa shape index (κ3) is 2.88. The minimum Gasteiger partial charge on any atom is -0.465 e. The van der Waals surface area contributed by atoms with E-state index >= 15 is 0 Å². The third-order valence-electron chi connectivity index (χ3n) is 5.30. The van der Waals surface area contributed by atoms with Crippen LogP contribution in [0, 0.1) is 0 Å². The predicted molar refractivity (Wildman–Crippen MR) is 118 cm³/mol. The Morgan fingerprint density at radius 1 is 0.690 bits per heavy atom. The highest BCUT2D eigenvalue weighted by molar-refractivity contribution is 6.10. The number of benzene rings is 4. The zero-order valence-electron chi connectivity index (χ0n) is 16.0. The summed E-state index contributed by atoms with van der Waals surface area (Å²) < 4.78 is 7.16. The largest absolute Gasteiger partial charge is 0.465 e. The number of para-hydroxylation sites is 2. The molecule has 4 aromatic carbocycles. The summed E-state index contributed by atoms with van der Waals surface area (Å²) in [4.78, 5) is 11.9. The summed E-state index contributed by atoms with van der Waals surface area (Å²) in [5.41, 5.74) is 6.08. The molecule has 0 amide bonds. The molecule has 3 heteroatoms. The number of carbonyl (C=O) groups is 1. The minimum absolute atomic E-state index is 0.325. The normalized spacial score (nSPS) is 11.1. The SMILES string of the molecule is COC(=O)c1cccc(-c2ccc3c(c2)c2ccccc2n3-c2ccccc2)c1. The minimum atomic E-state index is -0.325. The van der Waals surface area contributed by atoms with Crippen molar-refractivity contribution in [3.63, 3.8) is 0 Å². The van der Waals surface area contributed by atoms with Gasteiger partial charge in [0, 0.05) is 16.5 Å². The van der Waals surface area contributed by atoms with Gasteiger partial charge in [-0.05, 0) is 53.6 Å². The van der Waals surface area contributed by atoms with Gasteiger partial charge in [-0.2, -0.15) is 0 Å². The summed E-state index contributed by atoms with van der Waals surface area (Å²) in [6.45, 7) is 0. The van der Waals surface area contributed by atoms with E-state index in [1.54, 1.807) is 6.07 Å². The van der Waals surface area contributed by atoms with Gasteiger partial charge in [0.1, 0.15) is 0 Å². The highest BCUT2D eigenvalue weighted by Crippen LogP contribution is 2.34. The van der Waals surface area contributed by atoms with Crippen molar-refractivity contribution in [1.82, 2.24) is 4.57 Å². The molecule has 1 aromatic heterocycles. The lowest BCUT2D eigenvalue weighted by atomic mass is 10.0. The number of fused-ring (bicyclic) bond motifs is 3. The van der Waals surface area contributed by atoms with E-state index < -0.39 is 0 Å². The first kappa shape index (κ1) is 17.3. The standard InChI is InChI=1S/C26H19NO2/c1-29-26(28)20-9-7-8-18(16-20)19-14-15-25-23(17-19)22-12-5-6-13-24(22)27(25)21-10-3-2-4-11-21/h2-17H,1H3. The number of methoxy groups -OCH3 is 1. The van der Waals surface area contributed by atoms with Crippen molar-refractivity contribution in [1.29, 1.82) is 0 Å². The number of nitrogens with zero attached hydrogens (tertiary/aromatic N) is 1. The number of carbonyl (C=O) groups excluding carboxylic acids is 1. The Balaban J connectivity index is 1.75. The number of ether oxygens (including phenoxy) is 1. The van der Waals surface area contributed by atoms with Crippen LogP contribution in [0.2, 0.25) is 0 Å². The van der Waals surface area contributed by atoms with E-state index in [-0.39, 0.29) is 5.97 Å². The molecule has 0 aliphatic heterocycles. The zero-order valence-corrected chi connectivity index (χ0v) is 16.0. The monoisotopic (exact) mass is 377 g/mol. The molecule has 0 unspecified atom stereocenters. The maximum Gasteiger partial charge on any atom is 0.337 e. The van der Waals surface area contributed by atoms with Gasteiger partial charge in [-0.25, -0.2) is 4.79 Å². The van der Waals surface area contributed by atoms with E-state index in [0.717, 1.165) is 22.3 Å². The Morgan fingerprint density at radius 2 is 1.41 bits per heavy atom.